The zero-order chi connectivity index (χ0) is 6.43. The van der Waals surface area contributed by atoms with Crippen LogP contribution in [0.15, 0.2) is 12.2 Å². The molecule has 1 heterocycles. The molecule has 1 aliphatic heterocycles. The monoisotopic (exact) mass is 123 g/mol. The van der Waals surface area contributed by atoms with Crippen LogP contribution in [-0.2, 0) is 4.79 Å². The fourth-order valence-corrected chi connectivity index (χ4v) is 1.51. The lowest BCUT2D eigenvalue weighted by Crippen LogP contribution is -2.24. The van der Waals surface area contributed by atoms with E-state index in [-0.39, 0.29) is 11.8 Å². The van der Waals surface area contributed by atoms with Crippen LogP contribution < -0.4 is 5.32 Å². The molecule has 3 unspecified atom stereocenters. The molecule has 0 aromatic rings. The summed E-state index contributed by atoms with van der Waals surface area (Å²) >= 11 is 0. The molecule has 2 heteroatoms. The molecular formula is C7H9NO. The van der Waals surface area contributed by atoms with Gasteiger partial charge in [-0.1, -0.05) is 12.2 Å². The van der Waals surface area contributed by atoms with E-state index in [0.717, 1.165) is 0 Å². The van der Waals surface area contributed by atoms with Crippen LogP contribution in [0, 0.1) is 11.8 Å². The molecule has 1 saturated heterocycles. The summed E-state index contributed by atoms with van der Waals surface area (Å²) in [6.45, 7) is 2.05. The van der Waals surface area contributed by atoms with E-state index in [1.807, 2.05) is 13.0 Å². The van der Waals surface area contributed by atoms with Gasteiger partial charge in [-0.2, -0.15) is 0 Å². The number of amides is 1. The number of rotatable bonds is 0. The van der Waals surface area contributed by atoms with Crippen LogP contribution in [0.3, 0.4) is 0 Å². The molecule has 0 radical (unpaired) electrons. The predicted molar refractivity (Wildman–Crippen MR) is 33.7 cm³/mol. The van der Waals surface area contributed by atoms with Crippen LogP contribution in [0.2, 0.25) is 0 Å². The molecule has 9 heavy (non-hydrogen) atoms. The van der Waals surface area contributed by atoms with Crippen molar-refractivity contribution >= 4 is 5.91 Å². The first-order valence-electron chi connectivity index (χ1n) is 3.28. The molecule has 2 aliphatic rings. The minimum Gasteiger partial charge on any atom is -0.352 e. The quantitative estimate of drug-likeness (QED) is 0.461. The Balaban J connectivity index is 2.27. The van der Waals surface area contributed by atoms with Gasteiger partial charge in [0.15, 0.2) is 0 Å². The van der Waals surface area contributed by atoms with E-state index in [0.29, 0.717) is 12.0 Å². The zero-order valence-corrected chi connectivity index (χ0v) is 5.29. The second-order valence-electron chi connectivity index (χ2n) is 2.79. The predicted octanol–water partition coefficient (Wildman–Crippen LogP) is 0.307. The van der Waals surface area contributed by atoms with Crippen molar-refractivity contribution in [2.24, 2.45) is 11.8 Å². The number of carbonyl (C=O) groups excluding carboxylic acids is 1. The standard InChI is InChI=1S/C7H9NO/c1-4-5-2-3-6(5)7(9)8-4/h2-6H,1H3,(H,8,9). The summed E-state index contributed by atoms with van der Waals surface area (Å²) in [5.41, 5.74) is 0. The highest BCUT2D eigenvalue weighted by atomic mass is 16.2. The highest BCUT2D eigenvalue weighted by Crippen LogP contribution is 2.33. The van der Waals surface area contributed by atoms with Gasteiger partial charge >= 0.3 is 0 Å². The van der Waals surface area contributed by atoms with Crippen molar-refractivity contribution in [2.75, 3.05) is 0 Å². The molecule has 1 N–H and O–H groups in total. The van der Waals surface area contributed by atoms with Crippen LogP contribution >= 0.6 is 0 Å². The third kappa shape index (κ3) is 0.479. The summed E-state index contributed by atoms with van der Waals surface area (Å²) in [6.07, 6.45) is 4.08. The topological polar surface area (TPSA) is 29.1 Å². The fourth-order valence-electron chi connectivity index (χ4n) is 1.51. The minimum absolute atomic E-state index is 0.204. The van der Waals surface area contributed by atoms with Crippen molar-refractivity contribution in [2.45, 2.75) is 13.0 Å². The first-order valence-corrected chi connectivity index (χ1v) is 3.28. The summed E-state index contributed by atoms with van der Waals surface area (Å²) in [4.78, 5) is 10.9. The second-order valence-corrected chi connectivity index (χ2v) is 2.79. The average molecular weight is 123 g/mol. The van der Waals surface area contributed by atoms with Gasteiger partial charge < -0.3 is 5.32 Å². The van der Waals surface area contributed by atoms with Gasteiger partial charge in [-0.25, -0.2) is 0 Å². The Morgan fingerprint density at radius 1 is 1.56 bits per heavy atom. The number of nitrogens with one attached hydrogen (secondary N) is 1. The van der Waals surface area contributed by atoms with Gasteiger partial charge in [-0.15, -0.1) is 0 Å². The smallest absolute Gasteiger partial charge is 0.227 e. The van der Waals surface area contributed by atoms with Crippen LogP contribution in [0.4, 0.5) is 0 Å². The van der Waals surface area contributed by atoms with Gasteiger partial charge in [0.1, 0.15) is 0 Å². The van der Waals surface area contributed by atoms with Crippen molar-refractivity contribution < 1.29 is 4.79 Å². The lowest BCUT2D eigenvalue weighted by atomic mass is 9.81. The SMILES string of the molecule is CC1NC(=O)C2C=CC12. The van der Waals surface area contributed by atoms with Crippen LogP contribution in [0.1, 0.15) is 6.92 Å². The first-order chi connectivity index (χ1) is 4.29. The third-order valence-corrected chi connectivity index (χ3v) is 2.21. The first kappa shape index (κ1) is 5.03. The third-order valence-electron chi connectivity index (χ3n) is 2.21. The van der Waals surface area contributed by atoms with Crippen molar-refractivity contribution in [3.63, 3.8) is 0 Å². The molecule has 0 aromatic heterocycles. The molecule has 1 aliphatic carbocycles. The van der Waals surface area contributed by atoms with E-state index in [1.165, 1.54) is 0 Å². The highest BCUT2D eigenvalue weighted by molar-refractivity contribution is 5.85. The Hall–Kier alpha value is -0.790. The number of carbonyl (C=O) groups is 1. The minimum atomic E-state index is 0.204. The Kier molecular flexibility index (Phi) is 0.770. The van der Waals surface area contributed by atoms with Gasteiger partial charge in [0.2, 0.25) is 5.91 Å². The van der Waals surface area contributed by atoms with Crippen LogP contribution in [-0.4, -0.2) is 11.9 Å². The Morgan fingerprint density at radius 2 is 2.33 bits per heavy atom. The summed E-state index contributed by atoms with van der Waals surface area (Å²) in [5.74, 6) is 0.910. The second kappa shape index (κ2) is 1.38. The maximum atomic E-state index is 10.9. The molecule has 2 nitrogen and oxygen atoms in total. The lowest BCUT2D eigenvalue weighted by Gasteiger charge is -2.20. The van der Waals surface area contributed by atoms with Crippen molar-refractivity contribution in [1.29, 1.82) is 0 Å². The highest BCUT2D eigenvalue weighted by Gasteiger charge is 2.41. The molecule has 3 atom stereocenters. The van der Waals surface area contributed by atoms with Gasteiger partial charge in [0.25, 0.3) is 0 Å². The largest absolute Gasteiger partial charge is 0.352 e. The molecule has 1 amide bonds. The Morgan fingerprint density at radius 3 is 2.56 bits per heavy atom. The van der Waals surface area contributed by atoms with E-state index < -0.39 is 0 Å². The molecule has 0 aromatic carbocycles. The number of hydrogen-bond donors (Lipinski definition) is 1. The summed E-state index contributed by atoms with van der Waals surface area (Å²) < 4.78 is 0. The van der Waals surface area contributed by atoms with Crippen LogP contribution in [0.25, 0.3) is 0 Å². The van der Waals surface area contributed by atoms with E-state index in [1.54, 1.807) is 0 Å². The molecule has 0 saturated carbocycles. The van der Waals surface area contributed by atoms with E-state index in [4.69, 9.17) is 0 Å². The fraction of sp³-hybridized carbons (Fsp3) is 0.571. The molecule has 2 rings (SSSR count). The molecule has 0 spiro atoms. The van der Waals surface area contributed by atoms with Gasteiger partial charge in [-0.05, 0) is 6.92 Å². The molecular weight excluding hydrogens is 114 g/mol. The summed E-state index contributed by atoms with van der Waals surface area (Å²) in [7, 11) is 0. The van der Waals surface area contributed by atoms with E-state index >= 15 is 0 Å². The molecule has 0 bridgehead atoms. The normalized spacial score (nSPS) is 45.9. The van der Waals surface area contributed by atoms with E-state index in [9.17, 15) is 4.79 Å². The van der Waals surface area contributed by atoms with E-state index in [2.05, 4.69) is 11.4 Å². The summed E-state index contributed by atoms with van der Waals surface area (Å²) in [5, 5.41) is 2.88. The maximum Gasteiger partial charge on any atom is 0.227 e. The lowest BCUT2D eigenvalue weighted by molar-refractivity contribution is -0.121. The number of hydrogen-bond acceptors (Lipinski definition) is 1. The van der Waals surface area contributed by atoms with Gasteiger partial charge in [-0.3, -0.25) is 4.79 Å². The Labute approximate surface area is 53.9 Å². The number of fused-ring (bicyclic) bond motifs is 1. The van der Waals surface area contributed by atoms with Gasteiger partial charge in [0, 0.05) is 12.0 Å². The molecule has 48 valence electrons. The maximum absolute atomic E-state index is 10.9. The average Bonchev–Trinajstić information content (AvgIpc) is 1.73. The van der Waals surface area contributed by atoms with Crippen molar-refractivity contribution in [1.82, 2.24) is 5.32 Å². The van der Waals surface area contributed by atoms with Gasteiger partial charge in [0.05, 0.1) is 5.92 Å². The molecule has 1 fully saturated rings. The van der Waals surface area contributed by atoms with Crippen molar-refractivity contribution in [3.8, 4) is 0 Å². The Bertz CT molecular complexity index is 185. The van der Waals surface area contributed by atoms with Crippen molar-refractivity contribution in [3.05, 3.63) is 12.2 Å². The van der Waals surface area contributed by atoms with Crippen LogP contribution in [0.5, 0.6) is 0 Å². The zero-order valence-electron chi connectivity index (χ0n) is 5.29. The summed E-state index contributed by atoms with van der Waals surface area (Å²) in [6, 6.07) is 0.368.